The highest BCUT2D eigenvalue weighted by Gasteiger charge is 2.50. The van der Waals surface area contributed by atoms with Crippen LogP contribution in [0.2, 0.25) is 0 Å². The minimum Gasteiger partial charge on any atom is -0.481 e. The molecule has 0 saturated carbocycles. The van der Waals surface area contributed by atoms with Crippen LogP contribution in [0.3, 0.4) is 0 Å². The number of unbranched alkanes of at least 4 members (excludes halogenated alkanes) is 2. The summed E-state index contributed by atoms with van der Waals surface area (Å²) in [5.74, 6) is -3.65. The van der Waals surface area contributed by atoms with E-state index < -0.39 is 35.3 Å². The van der Waals surface area contributed by atoms with Crippen molar-refractivity contribution in [3.8, 4) is 0 Å². The SMILES string of the molecule is CCCC(CC(CCCCCC(C)C)C(=O)O)(C(=O)O)C(=O)OC(c1ccccc1)c1ccccc1. The number of hydrogen-bond acceptors (Lipinski definition) is 4. The highest BCUT2D eigenvalue weighted by Crippen LogP contribution is 2.39. The third-order valence-corrected chi connectivity index (χ3v) is 6.68. The van der Waals surface area contributed by atoms with Crippen LogP contribution in [-0.4, -0.2) is 28.1 Å². The molecule has 0 fully saturated rings. The van der Waals surface area contributed by atoms with Gasteiger partial charge in [-0.15, -0.1) is 0 Å². The van der Waals surface area contributed by atoms with E-state index in [1.54, 1.807) is 6.92 Å². The molecule has 0 spiro atoms. The average Bonchev–Trinajstić information content (AvgIpc) is 2.86. The summed E-state index contributed by atoms with van der Waals surface area (Å²) in [4.78, 5) is 38.4. The molecule has 2 atom stereocenters. The van der Waals surface area contributed by atoms with Crippen molar-refractivity contribution in [2.75, 3.05) is 0 Å². The zero-order valence-electron chi connectivity index (χ0n) is 21.7. The smallest absolute Gasteiger partial charge is 0.324 e. The maximum Gasteiger partial charge on any atom is 0.324 e. The average molecular weight is 497 g/mol. The number of hydrogen-bond donors (Lipinski definition) is 2. The van der Waals surface area contributed by atoms with Crippen LogP contribution in [-0.2, 0) is 19.1 Å². The molecular weight excluding hydrogens is 456 g/mol. The van der Waals surface area contributed by atoms with Gasteiger partial charge < -0.3 is 14.9 Å². The summed E-state index contributed by atoms with van der Waals surface area (Å²) in [6, 6.07) is 18.3. The molecule has 2 rings (SSSR count). The third-order valence-electron chi connectivity index (χ3n) is 6.68. The Morgan fingerprint density at radius 2 is 1.36 bits per heavy atom. The Hall–Kier alpha value is -3.15. The molecule has 196 valence electrons. The molecule has 2 unspecified atom stereocenters. The van der Waals surface area contributed by atoms with Crippen LogP contribution >= 0.6 is 0 Å². The van der Waals surface area contributed by atoms with Gasteiger partial charge in [0.1, 0.15) is 0 Å². The summed E-state index contributed by atoms with van der Waals surface area (Å²) in [5.41, 5.74) is -0.502. The van der Waals surface area contributed by atoms with Gasteiger partial charge in [0, 0.05) is 0 Å². The summed E-state index contributed by atoms with van der Waals surface area (Å²) in [6.07, 6.45) is 3.29. The molecule has 0 aliphatic carbocycles. The zero-order valence-corrected chi connectivity index (χ0v) is 21.7. The Morgan fingerprint density at radius 3 is 1.81 bits per heavy atom. The first-order chi connectivity index (χ1) is 17.2. The molecule has 6 heteroatoms. The number of carbonyl (C=O) groups is 3. The van der Waals surface area contributed by atoms with Gasteiger partial charge in [0.15, 0.2) is 11.5 Å². The van der Waals surface area contributed by atoms with Crippen molar-refractivity contribution in [3.63, 3.8) is 0 Å². The molecule has 2 aromatic carbocycles. The van der Waals surface area contributed by atoms with Gasteiger partial charge in [-0.25, -0.2) is 0 Å². The maximum absolute atomic E-state index is 13.7. The molecule has 0 bridgehead atoms. The van der Waals surface area contributed by atoms with Crippen LogP contribution < -0.4 is 0 Å². The molecule has 6 nitrogen and oxygen atoms in total. The first-order valence-electron chi connectivity index (χ1n) is 13.0. The molecule has 0 amide bonds. The van der Waals surface area contributed by atoms with E-state index in [0.29, 0.717) is 36.3 Å². The number of benzene rings is 2. The molecule has 0 radical (unpaired) electrons. The lowest BCUT2D eigenvalue weighted by Crippen LogP contribution is -2.44. The molecule has 0 saturated heterocycles. The van der Waals surface area contributed by atoms with Gasteiger partial charge >= 0.3 is 17.9 Å². The molecule has 0 aliphatic heterocycles. The molecule has 0 heterocycles. The summed E-state index contributed by atoms with van der Waals surface area (Å²) in [7, 11) is 0. The van der Waals surface area contributed by atoms with Gasteiger partial charge in [-0.1, -0.05) is 114 Å². The van der Waals surface area contributed by atoms with Gasteiger partial charge in [-0.05, 0) is 36.3 Å². The van der Waals surface area contributed by atoms with E-state index in [1.165, 1.54) is 0 Å². The largest absolute Gasteiger partial charge is 0.481 e. The summed E-state index contributed by atoms with van der Waals surface area (Å²) < 4.78 is 5.94. The second-order valence-electron chi connectivity index (χ2n) is 10.0. The van der Waals surface area contributed by atoms with E-state index in [2.05, 4.69) is 13.8 Å². The van der Waals surface area contributed by atoms with Crippen molar-refractivity contribution in [2.24, 2.45) is 17.3 Å². The normalized spacial score (nSPS) is 13.8. The van der Waals surface area contributed by atoms with E-state index in [9.17, 15) is 24.6 Å². The second kappa shape index (κ2) is 14.4. The fourth-order valence-corrected chi connectivity index (χ4v) is 4.65. The van der Waals surface area contributed by atoms with Crippen molar-refractivity contribution < 1.29 is 29.3 Å². The number of rotatable bonds is 16. The Morgan fingerprint density at radius 1 is 0.833 bits per heavy atom. The van der Waals surface area contributed by atoms with Crippen molar-refractivity contribution in [2.45, 2.75) is 78.2 Å². The fraction of sp³-hybridized carbons (Fsp3) is 0.500. The second-order valence-corrected chi connectivity index (χ2v) is 10.0. The van der Waals surface area contributed by atoms with Crippen LogP contribution in [0.5, 0.6) is 0 Å². The third kappa shape index (κ3) is 8.21. The van der Waals surface area contributed by atoms with Crippen molar-refractivity contribution >= 4 is 17.9 Å². The Labute approximate surface area is 214 Å². The molecule has 2 N–H and O–H groups in total. The first kappa shape index (κ1) is 29.1. The minimum atomic E-state index is -1.93. The predicted molar refractivity (Wildman–Crippen MR) is 139 cm³/mol. The number of ether oxygens (including phenoxy) is 1. The number of esters is 1. The van der Waals surface area contributed by atoms with Crippen LogP contribution in [0.1, 0.15) is 89.4 Å². The molecular formula is C30H40O6. The molecule has 36 heavy (non-hydrogen) atoms. The van der Waals surface area contributed by atoms with Crippen LogP contribution in [0.15, 0.2) is 60.7 Å². The molecule has 0 aliphatic rings. The monoisotopic (exact) mass is 496 g/mol. The van der Waals surface area contributed by atoms with E-state index in [-0.39, 0.29) is 12.8 Å². The predicted octanol–water partition coefficient (Wildman–Crippen LogP) is 6.89. The van der Waals surface area contributed by atoms with E-state index in [1.807, 2.05) is 60.7 Å². The molecule has 2 aromatic rings. The van der Waals surface area contributed by atoms with E-state index >= 15 is 0 Å². The number of carboxylic acid groups (broad SMARTS) is 2. The number of carbonyl (C=O) groups excluding carboxylic acids is 1. The van der Waals surface area contributed by atoms with Gasteiger partial charge in [-0.3, -0.25) is 14.4 Å². The lowest BCUT2D eigenvalue weighted by Gasteiger charge is -2.31. The number of carboxylic acids is 2. The van der Waals surface area contributed by atoms with Crippen molar-refractivity contribution in [1.82, 2.24) is 0 Å². The standard InChI is InChI=1S/C30H40O6/c1-4-20-30(28(33)34,21-25(27(31)32)19-13-5-8-14-22(2)3)29(35)36-26(23-15-9-6-10-16-23)24-17-11-7-12-18-24/h6-7,9-12,15-18,22,25-26H,4-5,8,13-14,19-21H2,1-3H3,(H,31,32)(H,33,34). The van der Waals surface area contributed by atoms with Gasteiger partial charge in [0.2, 0.25) is 0 Å². The van der Waals surface area contributed by atoms with Crippen molar-refractivity contribution in [3.05, 3.63) is 71.8 Å². The Balaban J connectivity index is 2.31. The van der Waals surface area contributed by atoms with Crippen molar-refractivity contribution in [1.29, 1.82) is 0 Å². The van der Waals surface area contributed by atoms with E-state index in [4.69, 9.17) is 4.74 Å². The Bertz CT molecular complexity index is 916. The summed E-state index contributed by atoms with van der Waals surface area (Å²) in [6.45, 7) is 6.09. The number of aliphatic carboxylic acids is 2. The highest BCUT2D eigenvalue weighted by atomic mass is 16.5. The van der Waals surface area contributed by atoms with Gasteiger partial charge in [0.05, 0.1) is 5.92 Å². The topological polar surface area (TPSA) is 101 Å². The fourth-order valence-electron chi connectivity index (χ4n) is 4.65. The molecule has 0 aromatic heterocycles. The summed E-state index contributed by atoms with van der Waals surface area (Å²) in [5, 5.41) is 20.2. The highest BCUT2D eigenvalue weighted by molar-refractivity contribution is 5.99. The lowest BCUT2D eigenvalue weighted by molar-refractivity contribution is -0.174. The van der Waals surface area contributed by atoms with Crippen LogP contribution in [0, 0.1) is 17.3 Å². The quantitative estimate of drug-likeness (QED) is 0.149. The zero-order chi connectivity index (χ0) is 26.6. The summed E-state index contributed by atoms with van der Waals surface area (Å²) >= 11 is 0. The minimum absolute atomic E-state index is 0.00853. The first-order valence-corrected chi connectivity index (χ1v) is 13.0. The Kier molecular flexibility index (Phi) is 11.6. The van der Waals surface area contributed by atoms with Crippen LogP contribution in [0.25, 0.3) is 0 Å². The lowest BCUT2D eigenvalue weighted by atomic mass is 9.74. The van der Waals surface area contributed by atoms with Crippen LogP contribution in [0.4, 0.5) is 0 Å². The maximum atomic E-state index is 13.7. The van der Waals surface area contributed by atoms with E-state index in [0.717, 1.165) is 19.3 Å². The van der Waals surface area contributed by atoms with Gasteiger partial charge in [0.25, 0.3) is 0 Å². The van der Waals surface area contributed by atoms with Gasteiger partial charge in [-0.2, -0.15) is 0 Å².